The van der Waals surface area contributed by atoms with Gasteiger partial charge in [0.15, 0.2) is 5.65 Å². The lowest BCUT2D eigenvalue weighted by molar-refractivity contribution is -0.136. The summed E-state index contributed by atoms with van der Waals surface area (Å²) in [6.07, 6.45) is 10.8. The van der Waals surface area contributed by atoms with E-state index in [-0.39, 0.29) is 30.4 Å². The fourth-order valence-corrected chi connectivity index (χ4v) is 8.18. The number of hydrogen-bond acceptors (Lipinski definition) is 11. The Kier molecular flexibility index (Phi) is 8.56. The van der Waals surface area contributed by atoms with Crippen LogP contribution >= 0.6 is 0 Å². The van der Waals surface area contributed by atoms with Crippen LogP contribution in [0.15, 0.2) is 61.3 Å². The highest BCUT2D eigenvalue weighted by molar-refractivity contribution is 6.23. The molecular formula is C39H40N10O6. The molecule has 1 aromatic carbocycles. The molecule has 4 aliphatic rings. The van der Waals surface area contributed by atoms with Crippen molar-refractivity contribution in [3.63, 3.8) is 0 Å². The van der Waals surface area contributed by atoms with Gasteiger partial charge in [0.05, 0.1) is 29.1 Å². The van der Waals surface area contributed by atoms with E-state index in [4.69, 9.17) is 9.72 Å². The number of anilines is 2. The van der Waals surface area contributed by atoms with Crippen molar-refractivity contribution in [3.05, 3.63) is 83.7 Å². The number of benzene rings is 1. The average molecular weight is 745 g/mol. The summed E-state index contributed by atoms with van der Waals surface area (Å²) in [5, 5.41) is 9.48. The highest BCUT2D eigenvalue weighted by Gasteiger charge is 2.45. The van der Waals surface area contributed by atoms with Crippen molar-refractivity contribution in [3.8, 4) is 5.75 Å². The minimum Gasteiger partial charge on any atom is -0.489 e. The zero-order valence-corrected chi connectivity index (χ0v) is 30.5. The Morgan fingerprint density at radius 2 is 1.82 bits per heavy atom. The average Bonchev–Trinajstić information content (AvgIpc) is 3.84. The first-order valence-electron chi connectivity index (χ1n) is 18.7. The molecule has 5 aromatic rings. The van der Waals surface area contributed by atoms with Crippen molar-refractivity contribution in [2.24, 2.45) is 5.92 Å². The van der Waals surface area contributed by atoms with Crippen LogP contribution in [-0.2, 0) is 9.59 Å². The molecule has 2 N–H and O–H groups in total. The van der Waals surface area contributed by atoms with Crippen molar-refractivity contribution < 1.29 is 28.7 Å². The predicted octanol–water partition coefficient (Wildman–Crippen LogP) is 3.13. The van der Waals surface area contributed by atoms with Gasteiger partial charge >= 0.3 is 0 Å². The molecule has 9 rings (SSSR count). The lowest BCUT2D eigenvalue weighted by Crippen LogP contribution is -2.54. The van der Waals surface area contributed by atoms with E-state index in [2.05, 4.69) is 30.5 Å². The number of nitrogens with zero attached hydrogens (tertiary/aromatic N) is 8. The number of imidazole rings is 1. The van der Waals surface area contributed by atoms with E-state index in [9.17, 15) is 24.0 Å². The first kappa shape index (κ1) is 34.6. The Morgan fingerprint density at radius 3 is 2.60 bits per heavy atom. The Balaban J connectivity index is 0.807. The summed E-state index contributed by atoms with van der Waals surface area (Å²) in [5.41, 5.74) is 4.60. The summed E-state index contributed by atoms with van der Waals surface area (Å²) in [7, 11) is 0. The van der Waals surface area contributed by atoms with Crippen LogP contribution in [-0.4, -0.2) is 108 Å². The Bertz CT molecular complexity index is 2390. The van der Waals surface area contributed by atoms with Gasteiger partial charge in [0.25, 0.3) is 17.7 Å². The van der Waals surface area contributed by atoms with Crippen LogP contribution in [0.2, 0.25) is 0 Å². The van der Waals surface area contributed by atoms with E-state index in [0.29, 0.717) is 40.0 Å². The molecule has 1 atom stereocenters. The number of likely N-dealkylation sites (tertiary alicyclic amines) is 1. The maximum absolute atomic E-state index is 13.3. The van der Waals surface area contributed by atoms with Crippen LogP contribution in [0.4, 0.5) is 11.4 Å². The highest BCUT2D eigenvalue weighted by atomic mass is 16.5. The molecule has 4 aliphatic heterocycles. The summed E-state index contributed by atoms with van der Waals surface area (Å²) in [6, 6.07) is 7.94. The van der Waals surface area contributed by atoms with Crippen LogP contribution in [0.5, 0.6) is 5.75 Å². The standard InChI is InChI=1S/C39H40N10O6/c1-22(2)55-32-15-33-42-29(20-47(33)21-30(32)43-36(51)28-16-41-48-11-3-10-40-35(28)48)24-8-12-45(13-9-24)17-23-18-46(19-23)25-4-5-26-27(14-25)39(54)49(38(26)53)31-6-7-34(50)44-37(31)52/h3-5,10-11,14-16,20-24,31H,6-9,12-13,17-19H2,1-2H3,(H,43,51)(H,44,50,52). The quantitative estimate of drug-likeness (QED) is 0.212. The number of fused-ring (bicyclic) bond motifs is 3. The fraction of sp³-hybridized carbons (Fsp3) is 0.385. The zero-order chi connectivity index (χ0) is 38.0. The minimum absolute atomic E-state index is 0.0890. The lowest BCUT2D eigenvalue weighted by atomic mass is 9.92. The third-order valence-electron chi connectivity index (χ3n) is 11.0. The van der Waals surface area contributed by atoms with Crippen LogP contribution in [0.1, 0.15) is 82.2 Å². The Morgan fingerprint density at radius 1 is 1.02 bits per heavy atom. The Labute approximate surface area is 315 Å². The third-order valence-corrected chi connectivity index (χ3v) is 11.0. The van der Waals surface area contributed by atoms with Crippen LogP contribution < -0.4 is 20.3 Å². The number of imide groups is 2. The maximum atomic E-state index is 13.3. The van der Waals surface area contributed by atoms with Gasteiger partial charge in [0.1, 0.15) is 28.7 Å². The molecule has 16 nitrogen and oxygen atoms in total. The van der Waals surface area contributed by atoms with E-state index in [1.807, 2.05) is 42.8 Å². The smallest absolute Gasteiger partial charge is 0.262 e. The molecule has 0 radical (unpaired) electrons. The number of amides is 5. The summed E-state index contributed by atoms with van der Waals surface area (Å²) in [6.45, 7) is 8.45. The summed E-state index contributed by atoms with van der Waals surface area (Å²) in [5.74, 6) is -1.01. The first-order chi connectivity index (χ1) is 26.6. The molecule has 1 unspecified atom stereocenters. The number of pyridine rings is 1. The number of ether oxygens (including phenoxy) is 1. The molecule has 5 amide bonds. The number of piperidine rings is 2. The first-order valence-corrected chi connectivity index (χ1v) is 18.7. The lowest BCUT2D eigenvalue weighted by Gasteiger charge is -2.44. The minimum atomic E-state index is -0.975. The fourth-order valence-electron chi connectivity index (χ4n) is 8.18. The van der Waals surface area contributed by atoms with Gasteiger partial charge in [-0.1, -0.05) is 0 Å². The number of aromatic nitrogens is 5. The van der Waals surface area contributed by atoms with E-state index in [1.54, 1.807) is 35.1 Å². The predicted molar refractivity (Wildman–Crippen MR) is 199 cm³/mol. The van der Waals surface area contributed by atoms with Crippen LogP contribution in [0.3, 0.4) is 0 Å². The van der Waals surface area contributed by atoms with Gasteiger partial charge in [-0.05, 0) is 70.5 Å². The zero-order valence-electron chi connectivity index (χ0n) is 30.5. The second-order valence-electron chi connectivity index (χ2n) is 15.1. The van der Waals surface area contributed by atoms with Crippen molar-refractivity contribution in [1.29, 1.82) is 0 Å². The summed E-state index contributed by atoms with van der Waals surface area (Å²) < 4.78 is 9.61. The monoisotopic (exact) mass is 744 g/mol. The molecule has 4 aromatic heterocycles. The van der Waals surface area contributed by atoms with Gasteiger partial charge in [-0.2, -0.15) is 5.10 Å². The molecule has 16 heteroatoms. The van der Waals surface area contributed by atoms with Gasteiger partial charge in [-0.15, -0.1) is 0 Å². The van der Waals surface area contributed by atoms with Gasteiger partial charge < -0.3 is 24.3 Å². The van der Waals surface area contributed by atoms with Crippen LogP contribution in [0.25, 0.3) is 11.3 Å². The largest absolute Gasteiger partial charge is 0.489 e. The number of hydrogen-bond donors (Lipinski definition) is 2. The normalized spacial score (nSPS) is 19.7. The molecule has 8 heterocycles. The summed E-state index contributed by atoms with van der Waals surface area (Å²) in [4.78, 5) is 78.8. The van der Waals surface area contributed by atoms with Crippen molar-refractivity contribution in [2.45, 2.75) is 57.6 Å². The van der Waals surface area contributed by atoms with E-state index in [1.165, 1.54) is 6.20 Å². The Hall–Kier alpha value is -6.16. The van der Waals surface area contributed by atoms with Crippen LogP contribution in [0, 0.1) is 5.92 Å². The molecule has 3 fully saturated rings. The van der Waals surface area contributed by atoms with E-state index in [0.717, 1.165) is 67.5 Å². The number of rotatable bonds is 9. The molecule has 0 bridgehead atoms. The highest BCUT2D eigenvalue weighted by Crippen LogP contribution is 2.35. The summed E-state index contributed by atoms with van der Waals surface area (Å²) >= 11 is 0. The number of carbonyl (C=O) groups excluding carboxylic acids is 5. The molecular weight excluding hydrogens is 704 g/mol. The topological polar surface area (TPSA) is 176 Å². The maximum Gasteiger partial charge on any atom is 0.262 e. The molecule has 282 valence electrons. The van der Waals surface area contributed by atoms with Gasteiger partial charge in [0.2, 0.25) is 11.8 Å². The van der Waals surface area contributed by atoms with E-state index >= 15 is 0 Å². The molecule has 55 heavy (non-hydrogen) atoms. The molecule has 3 saturated heterocycles. The van der Waals surface area contributed by atoms with E-state index < -0.39 is 29.7 Å². The van der Waals surface area contributed by atoms with Gasteiger partial charge in [-0.25, -0.2) is 14.5 Å². The number of carbonyl (C=O) groups is 5. The number of nitrogens with one attached hydrogen (secondary N) is 2. The van der Waals surface area contributed by atoms with Crippen molar-refractivity contribution >= 4 is 52.2 Å². The molecule has 0 saturated carbocycles. The SMILES string of the molecule is CC(C)Oc1cc2nc(C3CCN(CC4CN(c5ccc6c(c5)C(=O)N(C5CCC(=O)NC5=O)C6=O)C4)CC3)cn2cc1NC(=O)c1cnn2cccnc12. The second-order valence-corrected chi connectivity index (χ2v) is 15.1. The van der Waals surface area contributed by atoms with Gasteiger partial charge in [0, 0.05) is 74.4 Å². The van der Waals surface area contributed by atoms with Gasteiger partial charge in [-0.3, -0.25) is 34.2 Å². The van der Waals surface area contributed by atoms with Crippen molar-refractivity contribution in [2.75, 3.05) is 42.9 Å². The molecule has 0 spiro atoms. The third kappa shape index (κ3) is 6.35. The van der Waals surface area contributed by atoms with Crippen molar-refractivity contribution in [1.82, 2.24) is 39.1 Å². The second kappa shape index (κ2) is 13.6. The molecule has 0 aliphatic carbocycles.